The van der Waals surface area contributed by atoms with Crippen molar-refractivity contribution in [2.75, 3.05) is 224 Å². The second-order valence-corrected chi connectivity index (χ2v) is 20.5. The zero-order valence-electron chi connectivity index (χ0n) is 49.3. The Morgan fingerprint density at radius 1 is 0.429 bits per heavy atom. The number of phenols is 1. The van der Waals surface area contributed by atoms with Crippen molar-refractivity contribution in [1.82, 2.24) is 26.6 Å². The summed E-state index contributed by atoms with van der Waals surface area (Å²) in [5.74, 6) is 0.957. The molecular weight excluding hydrogens is 1120 g/mol. The lowest BCUT2D eigenvalue weighted by molar-refractivity contribution is -0.122. The van der Waals surface area contributed by atoms with Crippen LogP contribution in [-0.2, 0) is 80.6 Å². The molecule has 0 aromatic heterocycles. The zero-order valence-corrected chi connectivity index (χ0v) is 50.1. The van der Waals surface area contributed by atoms with Gasteiger partial charge in [-0.25, -0.2) is 4.79 Å². The molecule has 0 spiro atoms. The Morgan fingerprint density at radius 3 is 1.31 bits per heavy atom. The number of aromatic hydroxyl groups is 1. The third kappa shape index (κ3) is 38.2. The van der Waals surface area contributed by atoms with Crippen LogP contribution >= 0.6 is 11.8 Å². The van der Waals surface area contributed by atoms with Crippen molar-refractivity contribution >= 4 is 46.3 Å². The van der Waals surface area contributed by atoms with E-state index in [9.17, 15) is 24.3 Å². The van der Waals surface area contributed by atoms with Crippen molar-refractivity contribution in [3.05, 3.63) is 42.0 Å². The first kappa shape index (κ1) is 72.4. The lowest BCUT2D eigenvalue weighted by atomic mass is 10.0. The maximum Gasteiger partial charge on any atom is 0.315 e. The summed E-state index contributed by atoms with van der Waals surface area (Å²) in [7, 11) is 0. The van der Waals surface area contributed by atoms with Crippen LogP contribution in [0.25, 0.3) is 10.8 Å². The number of benzene rings is 2. The van der Waals surface area contributed by atoms with Gasteiger partial charge in [0.1, 0.15) is 5.75 Å². The second kappa shape index (κ2) is 51.0. The summed E-state index contributed by atoms with van der Waals surface area (Å²) < 4.78 is 82.9. The zero-order chi connectivity index (χ0) is 59.4. The van der Waals surface area contributed by atoms with Gasteiger partial charge in [0.25, 0.3) is 5.91 Å². The van der Waals surface area contributed by atoms with Gasteiger partial charge in [-0.2, -0.15) is 11.8 Å². The first-order valence-electron chi connectivity index (χ1n) is 29.8. The molecule has 2 saturated heterocycles. The van der Waals surface area contributed by atoms with Crippen LogP contribution in [0.2, 0.25) is 0 Å². The van der Waals surface area contributed by atoms with Gasteiger partial charge in [0.2, 0.25) is 11.8 Å². The normalized spacial score (nSPS) is 15.6. The second-order valence-electron chi connectivity index (χ2n) is 19.2. The van der Waals surface area contributed by atoms with E-state index in [4.69, 9.17) is 71.1 Å². The summed E-state index contributed by atoms with van der Waals surface area (Å²) in [5, 5.41) is 26.4. The maximum absolute atomic E-state index is 12.4. The van der Waals surface area contributed by atoms with Gasteiger partial charge in [0, 0.05) is 62.3 Å². The molecule has 3 unspecified atom stereocenters. The summed E-state index contributed by atoms with van der Waals surface area (Å²) in [6.45, 7) is 15.1. The highest BCUT2D eigenvalue weighted by atomic mass is 32.2. The number of urea groups is 1. The SMILES string of the molecule is O=C(CCCCC1SCC2NC(=O)NC21)NCCOCCOCCOCCOCCOCCOCCOCCOCCOCCOCCOCCOCCC(=O)NCCCOCCOCCOCCCNC(=O)c1ccc2cc(O)ccc2c1. The number of carbonyl (C=O) groups is 4. The molecule has 5 amide bonds. The molecule has 0 bridgehead atoms. The minimum Gasteiger partial charge on any atom is -0.508 e. The van der Waals surface area contributed by atoms with Crippen LogP contribution in [0.15, 0.2) is 36.4 Å². The quantitative estimate of drug-likeness (QED) is 0.0410. The number of rotatable bonds is 59. The number of carbonyl (C=O) groups excluding carboxylic acids is 4. The van der Waals surface area contributed by atoms with Gasteiger partial charge < -0.3 is 103 Å². The van der Waals surface area contributed by atoms with E-state index in [1.165, 1.54) is 0 Å². The molecule has 2 aliphatic rings. The molecule has 2 aliphatic heterocycles. The number of amides is 5. The fraction of sp³-hybridized carbons (Fsp3) is 0.759. The number of nitrogens with one attached hydrogen (secondary N) is 5. The van der Waals surface area contributed by atoms with E-state index in [-0.39, 0.29) is 48.0 Å². The molecule has 0 saturated carbocycles. The Labute approximate surface area is 500 Å². The fourth-order valence-corrected chi connectivity index (χ4v) is 9.74. The number of ether oxygens (including phenoxy) is 15. The third-order valence-corrected chi connectivity index (χ3v) is 14.1. The predicted molar refractivity (Wildman–Crippen MR) is 314 cm³/mol. The summed E-state index contributed by atoms with van der Waals surface area (Å²) in [5.41, 5.74) is 0.570. The average Bonchev–Trinajstić information content (AvgIpc) is 4.10. The van der Waals surface area contributed by atoms with E-state index in [1.807, 2.05) is 17.8 Å². The van der Waals surface area contributed by atoms with Crippen molar-refractivity contribution in [3.8, 4) is 5.75 Å². The van der Waals surface area contributed by atoms with Crippen LogP contribution in [0.1, 0.15) is 55.3 Å². The van der Waals surface area contributed by atoms with E-state index in [0.717, 1.165) is 35.8 Å². The number of phenolic OH excluding ortho intramolecular Hbond substituents is 1. The van der Waals surface area contributed by atoms with E-state index in [1.54, 1.807) is 30.3 Å². The minimum absolute atomic E-state index is 0.0353. The van der Waals surface area contributed by atoms with Crippen molar-refractivity contribution in [3.63, 3.8) is 0 Å². The van der Waals surface area contributed by atoms with Crippen molar-refractivity contribution in [2.45, 2.75) is 62.3 Å². The van der Waals surface area contributed by atoms with Crippen molar-refractivity contribution in [2.24, 2.45) is 0 Å². The number of thioether (sulfide) groups is 1. The van der Waals surface area contributed by atoms with Gasteiger partial charge in [0.15, 0.2) is 0 Å². The van der Waals surface area contributed by atoms with Crippen LogP contribution in [0, 0.1) is 0 Å². The van der Waals surface area contributed by atoms with Gasteiger partial charge in [0.05, 0.1) is 197 Å². The number of hydrogen-bond donors (Lipinski definition) is 6. The molecule has 480 valence electrons. The van der Waals surface area contributed by atoms with Crippen LogP contribution in [0.5, 0.6) is 5.75 Å². The highest BCUT2D eigenvalue weighted by Crippen LogP contribution is 2.33. The number of fused-ring (bicyclic) bond motifs is 2. The van der Waals surface area contributed by atoms with Crippen LogP contribution in [-0.4, -0.2) is 270 Å². The number of hydrogen-bond acceptors (Lipinski definition) is 21. The Morgan fingerprint density at radius 2 is 0.821 bits per heavy atom. The molecule has 2 aromatic rings. The van der Waals surface area contributed by atoms with Gasteiger partial charge in [-0.05, 0) is 60.7 Å². The Balaban J connectivity index is 0.717. The molecule has 2 heterocycles. The van der Waals surface area contributed by atoms with Gasteiger partial charge in [-0.3, -0.25) is 14.4 Å². The monoisotopic (exact) mass is 1220 g/mol. The molecule has 84 heavy (non-hydrogen) atoms. The Kier molecular flexibility index (Phi) is 44.0. The molecule has 0 radical (unpaired) electrons. The largest absolute Gasteiger partial charge is 0.508 e. The summed E-state index contributed by atoms with van der Waals surface area (Å²) in [6, 6.07) is 10.8. The van der Waals surface area contributed by atoms with Gasteiger partial charge in [-0.1, -0.05) is 18.6 Å². The van der Waals surface area contributed by atoms with E-state index in [0.29, 0.717) is 248 Å². The van der Waals surface area contributed by atoms with Crippen LogP contribution < -0.4 is 26.6 Å². The standard InChI is InChI=1S/C58H97N5O20S/c64-51-10-9-48-45-50(8-7-49(48)46-51)57(67)61-13-4-16-70-20-24-73-23-19-69-15-3-12-59-55(66)11-17-71-21-25-74-27-29-76-31-33-78-35-37-80-39-41-82-43-44-83-42-40-81-38-36-79-34-32-77-30-28-75-26-22-72-18-14-60-54(65)6-2-1-5-53-56-52(47-84-53)62-58(68)63-56/h7-10,45-46,52-53,56,64H,1-6,11-44,47H2,(H,59,66)(H,60,65)(H,61,67)(H2,62,63,68). The molecule has 3 atom stereocenters. The van der Waals surface area contributed by atoms with E-state index >= 15 is 0 Å². The first-order valence-corrected chi connectivity index (χ1v) is 30.8. The van der Waals surface area contributed by atoms with E-state index < -0.39 is 0 Å². The summed E-state index contributed by atoms with van der Waals surface area (Å²) in [4.78, 5) is 48.1. The lowest BCUT2D eigenvalue weighted by Gasteiger charge is -2.16. The molecule has 4 rings (SSSR count). The Bertz CT molecular complexity index is 1990. The molecule has 26 heteroatoms. The smallest absolute Gasteiger partial charge is 0.315 e. The minimum atomic E-state index is -0.148. The molecule has 6 N–H and O–H groups in total. The maximum atomic E-state index is 12.4. The third-order valence-electron chi connectivity index (χ3n) is 12.6. The Hall–Kier alpha value is -4.07. The predicted octanol–water partition coefficient (Wildman–Crippen LogP) is 2.65. The average molecular weight is 1220 g/mol. The highest BCUT2D eigenvalue weighted by Gasteiger charge is 2.42. The highest BCUT2D eigenvalue weighted by molar-refractivity contribution is 8.00. The topological polar surface area (TPSA) is 287 Å². The molecule has 2 aromatic carbocycles. The van der Waals surface area contributed by atoms with Gasteiger partial charge >= 0.3 is 6.03 Å². The summed E-state index contributed by atoms with van der Waals surface area (Å²) in [6.07, 6.45) is 4.95. The lowest BCUT2D eigenvalue weighted by Crippen LogP contribution is -2.36. The molecular formula is C58H97N5O20S. The van der Waals surface area contributed by atoms with Gasteiger partial charge in [-0.15, -0.1) is 0 Å². The summed E-state index contributed by atoms with van der Waals surface area (Å²) >= 11 is 1.90. The van der Waals surface area contributed by atoms with Crippen molar-refractivity contribution < 1.29 is 95.3 Å². The van der Waals surface area contributed by atoms with E-state index in [2.05, 4.69) is 26.6 Å². The van der Waals surface area contributed by atoms with Crippen molar-refractivity contribution in [1.29, 1.82) is 0 Å². The van der Waals surface area contributed by atoms with Crippen LogP contribution in [0.3, 0.4) is 0 Å². The molecule has 25 nitrogen and oxygen atoms in total. The number of unbranched alkanes of at least 4 members (excludes halogenated alkanes) is 1. The molecule has 2 fully saturated rings. The molecule has 0 aliphatic carbocycles. The first-order chi connectivity index (χ1) is 41.4. The fourth-order valence-electron chi connectivity index (χ4n) is 8.20. The van der Waals surface area contributed by atoms with Crippen LogP contribution in [0.4, 0.5) is 4.79 Å².